The Morgan fingerprint density at radius 2 is 1.62 bits per heavy atom. The van der Waals surface area contributed by atoms with Gasteiger partial charge in [0.25, 0.3) is 0 Å². The number of aliphatic hydroxyl groups excluding tert-OH is 1. The van der Waals surface area contributed by atoms with Gasteiger partial charge in [-0.2, -0.15) is 0 Å². The molecule has 0 spiro atoms. The smallest absolute Gasteiger partial charge is 0.146 e. The van der Waals surface area contributed by atoms with Gasteiger partial charge in [0.15, 0.2) is 0 Å². The zero-order valence-electron chi connectivity index (χ0n) is 4.33. The lowest BCUT2D eigenvalue weighted by Crippen LogP contribution is -2.32. The van der Waals surface area contributed by atoms with Crippen LogP contribution in [0.25, 0.3) is 0 Å². The molecule has 0 aliphatic heterocycles. The van der Waals surface area contributed by atoms with Crippen molar-refractivity contribution >= 4 is 0 Å². The predicted octanol–water partition coefficient (Wildman–Crippen LogP) is -2.69. The van der Waals surface area contributed by atoms with Crippen molar-refractivity contribution in [3.63, 3.8) is 0 Å². The molecule has 0 aliphatic rings. The molecule has 5 nitrogen and oxygen atoms in total. The van der Waals surface area contributed by atoms with Gasteiger partial charge in [0.05, 0.1) is 5.70 Å². The van der Waals surface area contributed by atoms with E-state index in [2.05, 4.69) is 0 Å². The van der Waals surface area contributed by atoms with Crippen molar-refractivity contribution in [1.29, 1.82) is 0 Å². The van der Waals surface area contributed by atoms with Crippen LogP contribution >= 0.6 is 0 Å². The lowest BCUT2D eigenvalue weighted by Gasteiger charge is -2.04. The Hall–Kier alpha value is -0.940. The van der Waals surface area contributed by atoms with E-state index in [0.29, 0.717) is 0 Å². The molecule has 0 aromatic carbocycles. The maximum absolute atomic E-state index is 8.43. The molecule has 0 rings (SSSR count). The molecule has 0 amide bonds. The summed E-state index contributed by atoms with van der Waals surface area (Å²) in [5.41, 5.74) is 19.6. The van der Waals surface area contributed by atoms with Crippen LogP contribution in [0, 0.1) is 0 Å². The largest absolute Gasteiger partial charge is 0.396 e. The van der Waals surface area contributed by atoms with Crippen molar-refractivity contribution < 1.29 is 5.11 Å². The van der Waals surface area contributed by atoms with Gasteiger partial charge in [0, 0.05) is 0 Å². The zero-order chi connectivity index (χ0) is 6.73. The summed E-state index contributed by atoms with van der Waals surface area (Å²) >= 11 is 0. The average Bonchev–Trinajstić information content (AvgIpc) is 1.64. The lowest BCUT2D eigenvalue weighted by atomic mass is 10.4. The molecule has 0 saturated heterocycles. The van der Waals surface area contributed by atoms with Crippen LogP contribution in [0.4, 0.5) is 0 Å². The lowest BCUT2D eigenvalue weighted by molar-refractivity contribution is 0.216. The van der Waals surface area contributed by atoms with Crippen molar-refractivity contribution in [3.05, 3.63) is 11.5 Å². The van der Waals surface area contributed by atoms with Crippen molar-refractivity contribution in [2.75, 3.05) is 0 Å². The molecule has 48 valence electrons. The molecule has 1 atom stereocenters. The summed E-state index contributed by atoms with van der Waals surface area (Å²) < 4.78 is 0. The summed E-state index contributed by atoms with van der Waals surface area (Å²) in [7, 11) is 0. The minimum Gasteiger partial charge on any atom is -0.396 e. The summed E-state index contributed by atoms with van der Waals surface area (Å²) in [6, 6.07) is 0. The van der Waals surface area contributed by atoms with E-state index in [9.17, 15) is 0 Å². The highest BCUT2D eigenvalue weighted by molar-refractivity contribution is 5.06. The van der Waals surface area contributed by atoms with Crippen LogP contribution in [0.1, 0.15) is 0 Å². The molecule has 0 aromatic heterocycles. The molecule has 5 heteroatoms. The predicted molar refractivity (Wildman–Crippen MR) is 29.8 cm³/mol. The van der Waals surface area contributed by atoms with E-state index in [1.165, 1.54) is 0 Å². The van der Waals surface area contributed by atoms with Gasteiger partial charge < -0.3 is 28.0 Å². The fourth-order valence-electron chi connectivity index (χ4n) is 0.171. The number of rotatable bonds is 1. The highest BCUT2D eigenvalue weighted by atomic mass is 16.3. The summed E-state index contributed by atoms with van der Waals surface area (Å²) in [5, 5.41) is 8.43. The van der Waals surface area contributed by atoms with Gasteiger partial charge in [-0.25, -0.2) is 0 Å². The molecule has 0 fully saturated rings. The molecule has 0 aliphatic carbocycles. The standard InChI is InChI=1S/C3H10N4O/c4-1(2(5)6)3(7)8/h3,8H,4-7H2/t3-/m1/s1. The fourth-order valence-corrected chi connectivity index (χ4v) is 0.171. The summed E-state index contributed by atoms with van der Waals surface area (Å²) in [5.74, 6) is -0.139. The molecule has 0 saturated carbocycles. The summed E-state index contributed by atoms with van der Waals surface area (Å²) in [6.45, 7) is 0. The van der Waals surface area contributed by atoms with E-state index in [1.54, 1.807) is 0 Å². The minimum absolute atomic E-state index is 0.0926. The van der Waals surface area contributed by atoms with Gasteiger partial charge in [0.1, 0.15) is 12.0 Å². The molecule has 8 heavy (non-hydrogen) atoms. The maximum Gasteiger partial charge on any atom is 0.146 e. The van der Waals surface area contributed by atoms with Crippen LogP contribution in [-0.2, 0) is 0 Å². The maximum atomic E-state index is 8.43. The number of hydrogen-bond acceptors (Lipinski definition) is 5. The van der Waals surface area contributed by atoms with E-state index in [1.807, 2.05) is 0 Å². The first kappa shape index (κ1) is 7.06. The first-order chi connectivity index (χ1) is 3.55. The number of aliphatic hydroxyl groups is 1. The Balaban J connectivity index is 4.00. The molecular weight excluding hydrogens is 108 g/mol. The molecule has 0 aromatic rings. The Morgan fingerprint density at radius 1 is 1.25 bits per heavy atom. The Kier molecular flexibility index (Phi) is 2.11. The zero-order valence-corrected chi connectivity index (χ0v) is 4.33. The third-order valence-corrected chi connectivity index (χ3v) is 0.652. The second-order valence-corrected chi connectivity index (χ2v) is 1.36. The third-order valence-electron chi connectivity index (χ3n) is 0.652. The number of nitrogens with two attached hydrogens (primary N) is 4. The molecule has 0 bridgehead atoms. The summed E-state index contributed by atoms with van der Waals surface area (Å²) in [4.78, 5) is 0. The van der Waals surface area contributed by atoms with Crippen molar-refractivity contribution in [3.8, 4) is 0 Å². The van der Waals surface area contributed by atoms with Crippen LogP contribution < -0.4 is 22.9 Å². The summed E-state index contributed by atoms with van der Waals surface area (Å²) in [6.07, 6.45) is -1.25. The van der Waals surface area contributed by atoms with E-state index < -0.39 is 6.23 Å². The van der Waals surface area contributed by atoms with Gasteiger partial charge in [0.2, 0.25) is 0 Å². The van der Waals surface area contributed by atoms with Crippen LogP contribution in [0.5, 0.6) is 0 Å². The quantitative estimate of drug-likeness (QED) is 0.240. The van der Waals surface area contributed by atoms with Crippen LogP contribution in [-0.4, -0.2) is 11.3 Å². The van der Waals surface area contributed by atoms with Crippen molar-refractivity contribution in [2.24, 2.45) is 22.9 Å². The topological polar surface area (TPSA) is 124 Å². The van der Waals surface area contributed by atoms with Crippen LogP contribution in [0.15, 0.2) is 11.5 Å². The third kappa shape index (κ3) is 1.67. The van der Waals surface area contributed by atoms with Gasteiger partial charge in [-0.1, -0.05) is 0 Å². The fraction of sp³-hybridized carbons (Fsp3) is 0.333. The first-order valence-corrected chi connectivity index (χ1v) is 2.00. The highest BCUT2D eigenvalue weighted by Crippen LogP contribution is 1.84. The Labute approximate surface area is 46.9 Å². The van der Waals surface area contributed by atoms with E-state index >= 15 is 0 Å². The van der Waals surface area contributed by atoms with Crippen LogP contribution in [0.3, 0.4) is 0 Å². The van der Waals surface area contributed by atoms with Gasteiger partial charge in [-0.05, 0) is 0 Å². The number of hydrogen-bond donors (Lipinski definition) is 5. The van der Waals surface area contributed by atoms with Crippen LogP contribution in [0.2, 0.25) is 0 Å². The Bertz CT molecular complexity index is 104. The van der Waals surface area contributed by atoms with Gasteiger partial charge in [-0.15, -0.1) is 0 Å². The second kappa shape index (κ2) is 2.39. The van der Waals surface area contributed by atoms with Crippen molar-refractivity contribution in [1.82, 2.24) is 0 Å². The van der Waals surface area contributed by atoms with E-state index in [4.69, 9.17) is 28.0 Å². The monoisotopic (exact) mass is 118 g/mol. The van der Waals surface area contributed by atoms with E-state index in [-0.39, 0.29) is 11.5 Å². The van der Waals surface area contributed by atoms with Gasteiger partial charge in [-0.3, -0.25) is 0 Å². The average molecular weight is 118 g/mol. The SMILES string of the molecule is NC(N)=C(N)[C@H](N)O. The molecule has 0 unspecified atom stereocenters. The second-order valence-electron chi connectivity index (χ2n) is 1.36. The minimum atomic E-state index is -1.25. The van der Waals surface area contributed by atoms with Crippen molar-refractivity contribution in [2.45, 2.75) is 6.23 Å². The molecule has 0 radical (unpaired) electrons. The molecular formula is C3H10N4O. The first-order valence-electron chi connectivity index (χ1n) is 2.00. The highest BCUT2D eigenvalue weighted by Gasteiger charge is 2.00. The van der Waals surface area contributed by atoms with Gasteiger partial charge >= 0.3 is 0 Å². The normalized spacial score (nSPS) is 12.8. The Morgan fingerprint density at radius 3 is 1.62 bits per heavy atom. The molecule has 9 N–H and O–H groups in total. The molecule has 0 heterocycles. The van der Waals surface area contributed by atoms with E-state index in [0.717, 1.165) is 0 Å².